The Bertz CT molecular complexity index is 2130. The lowest BCUT2D eigenvalue weighted by molar-refractivity contribution is 0.227. The molecule has 0 heteroatoms. The Balaban J connectivity index is 1.42. The molecule has 2 atom stereocenters. The Hall–Kier alpha value is -3.64. The third-order valence-corrected chi connectivity index (χ3v) is 12.9. The summed E-state index contributed by atoms with van der Waals surface area (Å²) in [4.78, 5) is 0. The van der Waals surface area contributed by atoms with Crippen molar-refractivity contribution in [3.05, 3.63) is 127 Å². The number of aryl methyl sites for hydroxylation is 4. The zero-order valence-electron chi connectivity index (χ0n) is 29.2. The van der Waals surface area contributed by atoms with Crippen molar-refractivity contribution in [2.45, 2.75) is 105 Å². The monoisotopic (exact) mass is 600 g/mol. The van der Waals surface area contributed by atoms with Crippen LogP contribution in [0.3, 0.4) is 0 Å². The average molecular weight is 601 g/mol. The lowest BCUT2D eigenvalue weighted by Crippen LogP contribution is -2.41. The van der Waals surface area contributed by atoms with Gasteiger partial charge < -0.3 is 0 Å². The molecule has 0 bridgehead atoms. The molecule has 0 amide bonds. The second-order valence-electron chi connectivity index (χ2n) is 16.4. The van der Waals surface area contributed by atoms with Crippen molar-refractivity contribution in [2.24, 2.45) is 11.8 Å². The van der Waals surface area contributed by atoms with Crippen molar-refractivity contribution in [2.75, 3.05) is 0 Å². The summed E-state index contributed by atoms with van der Waals surface area (Å²) in [5.74, 6) is 1.18. The van der Waals surface area contributed by atoms with Crippen molar-refractivity contribution in [1.29, 1.82) is 0 Å². The highest BCUT2D eigenvalue weighted by Crippen LogP contribution is 2.67. The van der Waals surface area contributed by atoms with Gasteiger partial charge in [-0.15, -0.1) is 0 Å². The molecule has 4 aromatic rings. The minimum atomic E-state index is -0.158. The Morgan fingerprint density at radius 3 is 2.24 bits per heavy atom. The van der Waals surface area contributed by atoms with Gasteiger partial charge in [-0.3, -0.25) is 0 Å². The first kappa shape index (κ1) is 28.6. The van der Waals surface area contributed by atoms with Gasteiger partial charge in [0.15, 0.2) is 0 Å². The molecule has 2 unspecified atom stereocenters. The molecule has 5 aliphatic carbocycles. The lowest BCUT2D eigenvalue weighted by Gasteiger charge is -2.47. The highest BCUT2D eigenvalue weighted by atomic mass is 14.6. The smallest absolute Gasteiger partial charge is 0.0473 e. The van der Waals surface area contributed by atoms with Crippen molar-refractivity contribution < 1.29 is 0 Å². The van der Waals surface area contributed by atoms with Gasteiger partial charge in [-0.25, -0.2) is 0 Å². The van der Waals surface area contributed by atoms with Crippen LogP contribution in [0.5, 0.6) is 0 Å². The highest BCUT2D eigenvalue weighted by molar-refractivity contribution is 6.11. The van der Waals surface area contributed by atoms with E-state index in [-0.39, 0.29) is 10.8 Å². The quantitative estimate of drug-likeness (QED) is 0.204. The van der Waals surface area contributed by atoms with Gasteiger partial charge in [0.25, 0.3) is 0 Å². The molecular formula is C46H48. The van der Waals surface area contributed by atoms with Crippen LogP contribution in [0.2, 0.25) is 0 Å². The molecule has 0 nitrogen and oxygen atoms in total. The van der Waals surface area contributed by atoms with Gasteiger partial charge in [-0.2, -0.15) is 0 Å². The van der Waals surface area contributed by atoms with Gasteiger partial charge >= 0.3 is 0 Å². The maximum absolute atomic E-state index is 2.74. The Morgan fingerprint density at radius 2 is 1.46 bits per heavy atom. The molecule has 1 fully saturated rings. The molecule has 1 spiro atoms. The molecule has 0 aromatic heterocycles. The summed E-state index contributed by atoms with van der Waals surface area (Å²) in [6, 6.07) is 19.9. The zero-order chi connectivity index (χ0) is 31.9. The number of benzene rings is 4. The van der Waals surface area contributed by atoms with Gasteiger partial charge in [0.2, 0.25) is 0 Å². The van der Waals surface area contributed by atoms with Crippen molar-refractivity contribution in [1.82, 2.24) is 0 Å². The number of hydrogen-bond acceptors (Lipinski definition) is 0. The minimum Gasteiger partial charge on any atom is -0.0681 e. The summed E-state index contributed by atoms with van der Waals surface area (Å²) in [5, 5.41) is 2.97. The number of allylic oxidation sites excluding steroid dienone is 6. The fourth-order valence-corrected chi connectivity index (χ4v) is 11.7. The molecule has 46 heavy (non-hydrogen) atoms. The molecule has 5 aliphatic rings. The lowest BCUT2D eigenvalue weighted by atomic mass is 9.56. The van der Waals surface area contributed by atoms with Crippen LogP contribution in [-0.2, 0) is 17.3 Å². The Labute approximate surface area is 276 Å². The van der Waals surface area contributed by atoms with E-state index in [1.54, 1.807) is 39.0 Å². The fourth-order valence-electron chi connectivity index (χ4n) is 11.7. The number of rotatable bonds is 1. The third kappa shape index (κ3) is 3.52. The fraction of sp³-hybridized carbons (Fsp3) is 0.391. The van der Waals surface area contributed by atoms with E-state index < -0.39 is 0 Å². The second kappa shape index (κ2) is 9.47. The van der Waals surface area contributed by atoms with E-state index in [1.807, 2.05) is 0 Å². The second-order valence-corrected chi connectivity index (χ2v) is 16.4. The first-order valence-corrected chi connectivity index (χ1v) is 18.0. The number of hydrogen-bond donors (Lipinski definition) is 0. The molecule has 0 heterocycles. The molecule has 1 saturated carbocycles. The van der Waals surface area contributed by atoms with E-state index in [0.29, 0.717) is 11.8 Å². The van der Waals surface area contributed by atoms with Crippen LogP contribution in [0, 0.1) is 39.5 Å². The van der Waals surface area contributed by atoms with Crippen molar-refractivity contribution in [3.8, 4) is 11.1 Å². The summed E-state index contributed by atoms with van der Waals surface area (Å²) >= 11 is 0. The minimum absolute atomic E-state index is 0.0676. The van der Waals surface area contributed by atoms with Crippen molar-refractivity contribution >= 4 is 21.9 Å². The van der Waals surface area contributed by atoms with E-state index in [0.717, 1.165) is 6.42 Å². The molecular weight excluding hydrogens is 553 g/mol. The molecule has 4 aromatic carbocycles. The first-order chi connectivity index (χ1) is 22.0. The van der Waals surface area contributed by atoms with Crippen LogP contribution in [0.1, 0.15) is 115 Å². The normalized spacial score (nSPS) is 24.1. The number of fused-ring (bicyclic) bond motifs is 12. The first-order valence-electron chi connectivity index (χ1n) is 18.0. The summed E-state index contributed by atoms with van der Waals surface area (Å²) < 4.78 is 0. The predicted octanol–water partition coefficient (Wildman–Crippen LogP) is 12.2. The van der Waals surface area contributed by atoms with E-state index in [4.69, 9.17) is 0 Å². The van der Waals surface area contributed by atoms with E-state index in [2.05, 4.69) is 116 Å². The van der Waals surface area contributed by atoms with Crippen LogP contribution >= 0.6 is 0 Å². The maximum atomic E-state index is 2.74. The molecule has 0 N–H and O–H groups in total. The molecule has 232 valence electrons. The van der Waals surface area contributed by atoms with Crippen LogP contribution in [0.25, 0.3) is 33.0 Å². The third-order valence-electron chi connectivity index (χ3n) is 12.9. The molecule has 9 rings (SSSR count). The Kier molecular flexibility index (Phi) is 5.88. The summed E-state index contributed by atoms with van der Waals surface area (Å²) in [6.45, 7) is 19.2. The summed E-state index contributed by atoms with van der Waals surface area (Å²) in [6.07, 6.45) is 13.1. The van der Waals surface area contributed by atoms with Crippen LogP contribution in [-0.4, -0.2) is 0 Å². The van der Waals surface area contributed by atoms with Crippen molar-refractivity contribution in [3.63, 3.8) is 0 Å². The maximum Gasteiger partial charge on any atom is 0.0473 e. The van der Waals surface area contributed by atoms with Crippen LogP contribution in [0.4, 0.5) is 0 Å². The van der Waals surface area contributed by atoms with E-state index in [9.17, 15) is 0 Å². The Morgan fingerprint density at radius 1 is 0.696 bits per heavy atom. The van der Waals surface area contributed by atoms with E-state index >= 15 is 0 Å². The van der Waals surface area contributed by atoms with Gasteiger partial charge in [0.1, 0.15) is 0 Å². The highest BCUT2D eigenvalue weighted by Gasteiger charge is 2.55. The van der Waals surface area contributed by atoms with Gasteiger partial charge in [0, 0.05) is 10.8 Å². The van der Waals surface area contributed by atoms with Gasteiger partial charge in [0.05, 0.1) is 0 Å². The molecule has 0 radical (unpaired) electrons. The van der Waals surface area contributed by atoms with E-state index in [1.165, 1.54) is 93.0 Å². The van der Waals surface area contributed by atoms with Gasteiger partial charge in [-0.1, -0.05) is 116 Å². The predicted molar refractivity (Wildman–Crippen MR) is 197 cm³/mol. The van der Waals surface area contributed by atoms with Crippen LogP contribution < -0.4 is 0 Å². The molecule has 0 aliphatic heterocycles. The average Bonchev–Trinajstić information content (AvgIpc) is 3.58. The SMILES string of the molecule is CC1=CC2(c3ccc4c(c3-c3cc(C)c5c(C)cc(C)cc5c32)C(C)(C)C2=C4Cc3ccc(C)cc32)C(C2CCCCC2)C(C)=C1. The zero-order valence-corrected chi connectivity index (χ0v) is 29.2. The van der Waals surface area contributed by atoms with Crippen LogP contribution in [0.15, 0.2) is 71.8 Å². The summed E-state index contributed by atoms with van der Waals surface area (Å²) in [7, 11) is 0. The standard InChI is InChI=1S/C46H48/c1-25-14-15-32-23-35-33-16-17-38-40(44(33)45(7,8)42(35)34(32)20-25)37-22-29(5)39-28(4)18-26(2)21-36(39)43(37)46(38)24-27(3)19-30(6)41(46)31-12-10-9-11-13-31/h14-22,24,31,41H,9-13,23H2,1-8H3. The summed E-state index contributed by atoms with van der Waals surface area (Å²) in [5.41, 5.74) is 23.9. The molecule has 0 saturated heterocycles. The topological polar surface area (TPSA) is 0 Å². The van der Waals surface area contributed by atoms with Gasteiger partial charge in [-0.05, 0) is 150 Å². The largest absolute Gasteiger partial charge is 0.0681 e.